The molecule has 2 aromatic heterocycles. The lowest BCUT2D eigenvalue weighted by molar-refractivity contribution is -0.382. The molecule has 0 unspecified atom stereocenters. The Morgan fingerprint density at radius 2 is 2.15 bits per heavy atom. The minimum absolute atomic E-state index is 0.0256. The predicted molar refractivity (Wildman–Crippen MR) is 70.5 cm³/mol. The van der Waals surface area contributed by atoms with Gasteiger partial charge in [0.2, 0.25) is 11.5 Å². The van der Waals surface area contributed by atoms with E-state index >= 15 is 0 Å². The minimum Gasteiger partial charge on any atom is -0.376 e. The Morgan fingerprint density at radius 1 is 1.45 bits per heavy atom. The summed E-state index contributed by atoms with van der Waals surface area (Å²) in [5, 5.41) is 15.0. The topological polar surface area (TPSA) is 116 Å². The summed E-state index contributed by atoms with van der Waals surface area (Å²) in [6, 6.07) is 0. The first-order chi connectivity index (χ1) is 9.30. The van der Waals surface area contributed by atoms with Crippen LogP contribution in [-0.2, 0) is 6.42 Å². The Balaban J connectivity index is 2.35. The van der Waals surface area contributed by atoms with Gasteiger partial charge in [0.15, 0.2) is 5.78 Å². The molecule has 1 aliphatic rings. The molecule has 2 heterocycles. The third-order valence-electron chi connectivity index (χ3n) is 3.51. The van der Waals surface area contributed by atoms with Crippen LogP contribution < -0.4 is 5.73 Å². The molecule has 2 N–H and O–H groups in total. The van der Waals surface area contributed by atoms with Gasteiger partial charge in [0, 0.05) is 12.6 Å². The number of hydrogen-bond acceptors (Lipinski definition) is 6. The van der Waals surface area contributed by atoms with Crippen molar-refractivity contribution in [2.75, 3.05) is 5.73 Å². The number of carbonyl (C=O) groups excluding carboxylic acids is 1. The lowest BCUT2D eigenvalue weighted by Gasteiger charge is -2.29. The molecule has 8 heteroatoms. The quantitative estimate of drug-likeness (QED) is 0.620. The smallest absolute Gasteiger partial charge is 0.357 e. The van der Waals surface area contributed by atoms with Crippen LogP contribution in [0.4, 0.5) is 11.5 Å². The lowest BCUT2D eigenvalue weighted by atomic mass is 9.76. The predicted octanol–water partition coefficient (Wildman–Crippen LogP) is 1.37. The van der Waals surface area contributed by atoms with E-state index in [-0.39, 0.29) is 28.4 Å². The van der Waals surface area contributed by atoms with Gasteiger partial charge < -0.3 is 5.73 Å². The molecule has 104 valence electrons. The van der Waals surface area contributed by atoms with Crippen molar-refractivity contribution in [3.8, 4) is 0 Å². The summed E-state index contributed by atoms with van der Waals surface area (Å²) in [6.45, 7) is 3.95. The Bertz CT molecular complexity index is 762. The summed E-state index contributed by atoms with van der Waals surface area (Å²) < 4.78 is 1.33. The van der Waals surface area contributed by atoms with Crippen molar-refractivity contribution in [2.45, 2.75) is 26.7 Å². The molecule has 0 spiro atoms. The molecular formula is C12H13N5O3. The lowest BCUT2D eigenvalue weighted by Crippen LogP contribution is -2.29. The maximum absolute atomic E-state index is 12.1. The standard InChI is InChI=1S/C12H13N5O3/c1-12(2)3-7-6(8(18)4-12)5-14-11-9(17(19)20)10(13)15-16(7)11/h5H,3-4H2,1-2H3,(H2,13,15). The molecule has 8 nitrogen and oxygen atoms in total. The maximum atomic E-state index is 12.1. The highest BCUT2D eigenvalue weighted by atomic mass is 16.6. The number of fused-ring (bicyclic) bond motifs is 3. The number of Topliss-reactive ketones (excluding diaryl/α,β-unsaturated/α-hetero) is 1. The van der Waals surface area contributed by atoms with E-state index < -0.39 is 4.92 Å². The normalized spacial score (nSPS) is 17.2. The molecule has 0 saturated carbocycles. The second kappa shape index (κ2) is 3.75. The number of ketones is 1. The van der Waals surface area contributed by atoms with Crippen LogP contribution in [0.15, 0.2) is 6.20 Å². The van der Waals surface area contributed by atoms with E-state index in [9.17, 15) is 14.9 Å². The third-order valence-corrected chi connectivity index (χ3v) is 3.51. The molecule has 3 rings (SSSR count). The second-order valence-electron chi connectivity index (χ2n) is 5.79. The summed E-state index contributed by atoms with van der Waals surface area (Å²) >= 11 is 0. The fraction of sp³-hybridized carbons (Fsp3) is 0.417. The average Bonchev–Trinajstić information content (AvgIpc) is 2.64. The van der Waals surface area contributed by atoms with Gasteiger partial charge in [0.1, 0.15) is 0 Å². The molecule has 1 aliphatic carbocycles. The summed E-state index contributed by atoms with van der Waals surface area (Å²) in [6.07, 6.45) is 2.40. The molecule has 0 aliphatic heterocycles. The maximum Gasteiger partial charge on any atom is 0.357 e. The largest absolute Gasteiger partial charge is 0.376 e. The summed E-state index contributed by atoms with van der Waals surface area (Å²) in [4.78, 5) is 26.5. The van der Waals surface area contributed by atoms with Gasteiger partial charge in [0.25, 0.3) is 0 Å². The average molecular weight is 275 g/mol. The van der Waals surface area contributed by atoms with Crippen LogP contribution in [0.5, 0.6) is 0 Å². The Kier molecular flexibility index (Phi) is 2.35. The van der Waals surface area contributed by atoms with Gasteiger partial charge in [-0.1, -0.05) is 13.8 Å². The Hall–Kier alpha value is -2.51. The van der Waals surface area contributed by atoms with Gasteiger partial charge >= 0.3 is 5.69 Å². The second-order valence-corrected chi connectivity index (χ2v) is 5.79. The Morgan fingerprint density at radius 3 is 2.80 bits per heavy atom. The first-order valence-corrected chi connectivity index (χ1v) is 6.14. The molecule has 0 saturated heterocycles. The fourth-order valence-corrected chi connectivity index (χ4v) is 2.66. The van der Waals surface area contributed by atoms with Crippen molar-refractivity contribution < 1.29 is 9.72 Å². The SMILES string of the molecule is CC1(C)CC(=O)c2cnc3c([N+](=O)[O-])c(N)nn3c2C1. The number of nitro groups is 1. The van der Waals surface area contributed by atoms with Gasteiger partial charge in [-0.15, -0.1) is 5.10 Å². The fourth-order valence-electron chi connectivity index (χ4n) is 2.66. The first kappa shape index (κ1) is 12.5. The van der Waals surface area contributed by atoms with E-state index in [4.69, 9.17) is 5.73 Å². The highest BCUT2D eigenvalue weighted by Gasteiger charge is 2.35. The van der Waals surface area contributed by atoms with Gasteiger partial charge in [0.05, 0.1) is 16.2 Å². The zero-order chi connectivity index (χ0) is 14.7. The minimum atomic E-state index is -0.604. The number of aromatic nitrogens is 3. The van der Waals surface area contributed by atoms with Crippen molar-refractivity contribution in [2.24, 2.45) is 5.41 Å². The van der Waals surface area contributed by atoms with Crippen LogP contribution in [-0.4, -0.2) is 25.3 Å². The van der Waals surface area contributed by atoms with E-state index in [1.807, 2.05) is 13.8 Å². The first-order valence-electron chi connectivity index (χ1n) is 6.14. The van der Waals surface area contributed by atoms with Crippen molar-refractivity contribution in [1.82, 2.24) is 14.6 Å². The number of anilines is 1. The summed E-state index contributed by atoms with van der Waals surface area (Å²) in [7, 11) is 0. The molecule has 0 bridgehead atoms. The van der Waals surface area contributed by atoms with Gasteiger partial charge in [-0.05, 0) is 11.8 Å². The van der Waals surface area contributed by atoms with Crippen molar-refractivity contribution in [1.29, 1.82) is 0 Å². The van der Waals surface area contributed by atoms with Crippen LogP contribution in [0.3, 0.4) is 0 Å². The number of hydrogen-bond donors (Lipinski definition) is 1. The van der Waals surface area contributed by atoms with Crippen LogP contribution in [0.1, 0.15) is 36.3 Å². The highest BCUT2D eigenvalue weighted by Crippen LogP contribution is 2.36. The summed E-state index contributed by atoms with van der Waals surface area (Å²) in [5.74, 6) is -0.214. The number of rotatable bonds is 1. The van der Waals surface area contributed by atoms with Crippen molar-refractivity contribution in [3.05, 3.63) is 27.6 Å². The van der Waals surface area contributed by atoms with Gasteiger partial charge in [-0.2, -0.15) is 0 Å². The zero-order valence-electron chi connectivity index (χ0n) is 11.1. The number of nitrogen functional groups attached to an aromatic ring is 1. The van der Waals surface area contributed by atoms with Gasteiger partial charge in [-0.3, -0.25) is 14.9 Å². The molecule has 0 atom stereocenters. The molecule has 20 heavy (non-hydrogen) atoms. The molecule has 2 aromatic rings. The van der Waals surface area contributed by atoms with E-state index in [2.05, 4.69) is 10.1 Å². The van der Waals surface area contributed by atoms with Crippen LogP contribution >= 0.6 is 0 Å². The van der Waals surface area contributed by atoms with E-state index in [0.29, 0.717) is 24.1 Å². The van der Waals surface area contributed by atoms with Crippen molar-refractivity contribution >= 4 is 22.9 Å². The molecule has 0 radical (unpaired) electrons. The van der Waals surface area contributed by atoms with Crippen LogP contribution in [0.2, 0.25) is 0 Å². The van der Waals surface area contributed by atoms with E-state index in [0.717, 1.165) is 0 Å². The van der Waals surface area contributed by atoms with E-state index in [1.54, 1.807) is 0 Å². The number of nitrogens with zero attached hydrogens (tertiary/aromatic N) is 4. The monoisotopic (exact) mass is 275 g/mol. The molecule has 0 aromatic carbocycles. The zero-order valence-corrected chi connectivity index (χ0v) is 11.1. The molecule has 0 fully saturated rings. The van der Waals surface area contributed by atoms with Crippen molar-refractivity contribution in [3.63, 3.8) is 0 Å². The number of carbonyl (C=O) groups is 1. The van der Waals surface area contributed by atoms with Gasteiger partial charge in [-0.25, -0.2) is 9.50 Å². The van der Waals surface area contributed by atoms with E-state index in [1.165, 1.54) is 10.7 Å². The highest BCUT2D eigenvalue weighted by molar-refractivity contribution is 5.98. The number of nitrogens with two attached hydrogens (primary N) is 1. The molecule has 0 amide bonds. The molecular weight excluding hydrogens is 262 g/mol. The van der Waals surface area contributed by atoms with Crippen LogP contribution in [0, 0.1) is 15.5 Å². The van der Waals surface area contributed by atoms with Crippen LogP contribution in [0.25, 0.3) is 5.65 Å². The third kappa shape index (κ3) is 1.64. The Labute approximate surface area is 113 Å². The summed E-state index contributed by atoms with van der Waals surface area (Å²) in [5.41, 5.74) is 6.24.